The van der Waals surface area contributed by atoms with Gasteiger partial charge in [-0.25, -0.2) is 17.8 Å². The van der Waals surface area contributed by atoms with Crippen LogP contribution >= 0.6 is 24.0 Å². The summed E-state index contributed by atoms with van der Waals surface area (Å²) in [7, 11) is -3.47. The number of aromatic nitrogens is 1. The summed E-state index contributed by atoms with van der Waals surface area (Å²) in [6.07, 6.45) is 1.35. The fourth-order valence-electron chi connectivity index (χ4n) is 3.01. The van der Waals surface area contributed by atoms with E-state index in [0.29, 0.717) is 49.9 Å². The first kappa shape index (κ1) is 24.3. The second-order valence-corrected chi connectivity index (χ2v) is 8.56. The fraction of sp³-hybridized carbons (Fsp3) is 0.444. The molecule has 0 saturated carbocycles. The third kappa shape index (κ3) is 6.28. The SMILES string of the molecule is CCNC(=NCc1ccc(O)c(F)c1)N1CCN(S(=O)(=O)Cc2ccon2)CC1.I. The Hall–Kier alpha value is -1.93. The first-order valence-electron chi connectivity index (χ1n) is 9.27. The van der Waals surface area contributed by atoms with Crippen LogP contribution in [0.15, 0.2) is 40.0 Å². The van der Waals surface area contributed by atoms with Crippen molar-refractivity contribution >= 4 is 40.0 Å². The quantitative estimate of drug-likeness (QED) is 0.319. The number of nitrogens with zero attached hydrogens (tertiary/aromatic N) is 4. The van der Waals surface area contributed by atoms with Gasteiger partial charge in [0, 0.05) is 38.8 Å². The van der Waals surface area contributed by atoms with Crippen molar-refractivity contribution in [1.29, 1.82) is 0 Å². The van der Waals surface area contributed by atoms with Gasteiger partial charge in [-0.15, -0.1) is 24.0 Å². The number of sulfonamides is 1. The van der Waals surface area contributed by atoms with Crippen molar-refractivity contribution in [2.24, 2.45) is 4.99 Å². The van der Waals surface area contributed by atoms with E-state index < -0.39 is 21.6 Å². The van der Waals surface area contributed by atoms with Gasteiger partial charge in [0.15, 0.2) is 17.5 Å². The van der Waals surface area contributed by atoms with Crippen LogP contribution < -0.4 is 5.32 Å². The molecule has 2 aromatic rings. The molecule has 3 rings (SSSR count). The van der Waals surface area contributed by atoms with Crippen molar-refractivity contribution in [3.8, 4) is 5.75 Å². The molecule has 2 N–H and O–H groups in total. The maximum Gasteiger partial charge on any atom is 0.220 e. The third-order valence-corrected chi connectivity index (χ3v) is 6.32. The summed E-state index contributed by atoms with van der Waals surface area (Å²) in [6, 6.07) is 5.69. The highest BCUT2D eigenvalue weighted by atomic mass is 127. The lowest BCUT2D eigenvalue weighted by Gasteiger charge is -2.35. The molecule has 1 aromatic heterocycles. The molecule has 0 spiro atoms. The number of piperazine rings is 1. The number of phenolic OH excluding ortho intramolecular Hbond substituents is 1. The predicted molar refractivity (Wildman–Crippen MR) is 121 cm³/mol. The van der Waals surface area contributed by atoms with Crippen LogP contribution in [-0.2, 0) is 22.3 Å². The zero-order valence-corrected chi connectivity index (χ0v) is 19.6. The predicted octanol–water partition coefficient (Wildman–Crippen LogP) is 1.75. The molecule has 1 aliphatic heterocycles. The summed E-state index contributed by atoms with van der Waals surface area (Å²) < 4.78 is 44.7. The third-order valence-electron chi connectivity index (χ3n) is 4.51. The van der Waals surface area contributed by atoms with Crippen LogP contribution in [0.3, 0.4) is 0 Å². The highest BCUT2D eigenvalue weighted by Crippen LogP contribution is 2.17. The summed E-state index contributed by atoms with van der Waals surface area (Å²) in [5.74, 6) is -0.639. The topological polar surface area (TPSA) is 111 Å². The maximum absolute atomic E-state index is 13.5. The summed E-state index contributed by atoms with van der Waals surface area (Å²) in [4.78, 5) is 6.49. The Morgan fingerprint density at radius 3 is 2.63 bits per heavy atom. The molecule has 1 aromatic carbocycles. The number of rotatable bonds is 6. The monoisotopic (exact) mass is 553 g/mol. The zero-order valence-electron chi connectivity index (χ0n) is 16.5. The number of aromatic hydroxyl groups is 1. The molecular formula is C18H25FIN5O4S. The number of phenols is 1. The van der Waals surface area contributed by atoms with Crippen LogP contribution in [0.25, 0.3) is 0 Å². The average Bonchev–Trinajstić information content (AvgIpc) is 3.20. The van der Waals surface area contributed by atoms with Gasteiger partial charge >= 0.3 is 0 Å². The maximum atomic E-state index is 13.5. The molecule has 30 heavy (non-hydrogen) atoms. The van der Waals surface area contributed by atoms with Gasteiger partial charge in [-0.3, -0.25) is 0 Å². The molecule has 0 bridgehead atoms. The lowest BCUT2D eigenvalue weighted by atomic mass is 10.2. The molecule has 1 saturated heterocycles. The number of hydrogen-bond donors (Lipinski definition) is 2. The van der Waals surface area contributed by atoms with E-state index in [2.05, 4.69) is 15.5 Å². The van der Waals surface area contributed by atoms with Crippen LogP contribution in [0.2, 0.25) is 0 Å². The minimum atomic E-state index is -3.47. The van der Waals surface area contributed by atoms with Crippen LogP contribution in [0, 0.1) is 5.82 Å². The Morgan fingerprint density at radius 1 is 1.30 bits per heavy atom. The number of benzene rings is 1. The van der Waals surface area contributed by atoms with E-state index in [9.17, 15) is 17.9 Å². The molecule has 9 nitrogen and oxygen atoms in total. The van der Waals surface area contributed by atoms with Gasteiger partial charge in [0.05, 0.1) is 12.2 Å². The van der Waals surface area contributed by atoms with Crippen LogP contribution in [0.4, 0.5) is 4.39 Å². The number of halogens is 2. The highest BCUT2D eigenvalue weighted by Gasteiger charge is 2.29. The number of nitrogens with one attached hydrogen (secondary N) is 1. The van der Waals surface area contributed by atoms with Crippen LogP contribution in [0.1, 0.15) is 18.2 Å². The second kappa shape index (κ2) is 10.9. The van der Waals surface area contributed by atoms with Gasteiger partial charge in [-0.1, -0.05) is 11.2 Å². The van der Waals surface area contributed by atoms with Crippen molar-refractivity contribution < 1.29 is 22.4 Å². The van der Waals surface area contributed by atoms with Crippen molar-refractivity contribution in [3.63, 3.8) is 0 Å². The zero-order chi connectivity index (χ0) is 20.9. The van der Waals surface area contributed by atoms with Crippen molar-refractivity contribution in [3.05, 3.63) is 47.6 Å². The highest BCUT2D eigenvalue weighted by molar-refractivity contribution is 14.0. The summed E-state index contributed by atoms with van der Waals surface area (Å²) in [5, 5.41) is 16.1. The second-order valence-electron chi connectivity index (χ2n) is 6.59. The normalized spacial score (nSPS) is 15.7. The molecule has 1 fully saturated rings. The standard InChI is InChI=1S/C18H24FN5O4S.HI/c1-2-20-18(21-12-14-3-4-17(25)16(19)11-14)23-6-8-24(9-7-23)29(26,27)13-15-5-10-28-22-15;/h3-5,10-11,25H,2,6-9,12-13H2,1H3,(H,20,21);1H. The minimum absolute atomic E-state index is 0. The van der Waals surface area contributed by atoms with E-state index in [0.717, 1.165) is 0 Å². The van der Waals surface area contributed by atoms with Gasteiger partial charge < -0.3 is 19.8 Å². The van der Waals surface area contributed by atoms with Gasteiger partial charge in [0.2, 0.25) is 10.0 Å². The lowest BCUT2D eigenvalue weighted by Crippen LogP contribution is -2.53. The van der Waals surface area contributed by atoms with Gasteiger partial charge in [0.1, 0.15) is 12.0 Å². The molecule has 1 aliphatic rings. The Balaban J connectivity index is 0.00000320. The molecular weight excluding hydrogens is 528 g/mol. The minimum Gasteiger partial charge on any atom is -0.505 e. The first-order valence-corrected chi connectivity index (χ1v) is 10.9. The first-order chi connectivity index (χ1) is 13.9. The molecule has 166 valence electrons. The summed E-state index contributed by atoms with van der Waals surface area (Å²) in [6.45, 7) is 4.45. The van der Waals surface area contributed by atoms with Crippen molar-refractivity contribution in [2.45, 2.75) is 19.2 Å². The van der Waals surface area contributed by atoms with Gasteiger partial charge in [-0.2, -0.15) is 4.31 Å². The molecule has 2 heterocycles. The molecule has 0 unspecified atom stereocenters. The summed E-state index contributed by atoms with van der Waals surface area (Å²) in [5.41, 5.74) is 1.01. The van der Waals surface area contributed by atoms with E-state index in [1.54, 1.807) is 6.07 Å². The Labute approximate surface area is 192 Å². The van der Waals surface area contributed by atoms with E-state index in [-0.39, 0.29) is 36.3 Å². The number of hydrogen-bond acceptors (Lipinski definition) is 6. The summed E-state index contributed by atoms with van der Waals surface area (Å²) >= 11 is 0. The molecule has 0 atom stereocenters. The lowest BCUT2D eigenvalue weighted by molar-refractivity contribution is 0.259. The van der Waals surface area contributed by atoms with Crippen molar-refractivity contribution in [1.82, 2.24) is 19.7 Å². The number of guanidine groups is 1. The Bertz CT molecular complexity index is 947. The molecule has 12 heteroatoms. The fourth-order valence-corrected chi connectivity index (χ4v) is 4.43. The van der Waals surface area contributed by atoms with E-state index in [4.69, 9.17) is 4.52 Å². The molecule has 0 radical (unpaired) electrons. The average molecular weight is 553 g/mol. The smallest absolute Gasteiger partial charge is 0.220 e. The largest absolute Gasteiger partial charge is 0.505 e. The Kier molecular flexibility index (Phi) is 8.85. The van der Waals surface area contributed by atoms with E-state index in [1.165, 1.54) is 28.8 Å². The van der Waals surface area contributed by atoms with E-state index >= 15 is 0 Å². The Morgan fingerprint density at radius 2 is 2.03 bits per heavy atom. The van der Waals surface area contributed by atoms with Gasteiger partial charge in [0.25, 0.3) is 0 Å². The number of aliphatic imine (C=N–C) groups is 1. The molecule has 0 aliphatic carbocycles. The molecule has 0 amide bonds. The van der Waals surface area contributed by atoms with E-state index in [1.807, 2.05) is 11.8 Å². The van der Waals surface area contributed by atoms with Crippen molar-refractivity contribution in [2.75, 3.05) is 32.7 Å². The van der Waals surface area contributed by atoms with Crippen LogP contribution in [0.5, 0.6) is 5.75 Å². The van der Waals surface area contributed by atoms with Gasteiger partial charge in [-0.05, 0) is 24.6 Å². The van der Waals surface area contributed by atoms with Crippen LogP contribution in [-0.4, -0.2) is 66.6 Å².